The molecular weight excluding hydrogens is 236 g/mol. The summed E-state index contributed by atoms with van der Waals surface area (Å²) in [5, 5.41) is 0. The Bertz CT molecular complexity index is 228. The number of rotatable bonds is 8. The molecule has 17 heavy (non-hydrogen) atoms. The number of ether oxygens (including phenoxy) is 2. The fraction of sp³-hybridized carbons (Fsp3) is 0.750. The average Bonchev–Trinajstić information content (AvgIpc) is 2.38. The summed E-state index contributed by atoms with van der Waals surface area (Å²) in [5.41, 5.74) is 0. The van der Waals surface area contributed by atoms with Crippen LogP contribution in [0.3, 0.4) is 0 Å². The molecule has 0 unspecified atom stereocenters. The van der Waals surface area contributed by atoms with Crippen molar-refractivity contribution in [3.05, 3.63) is 12.2 Å². The largest absolute Gasteiger partial charge is 0.508 e. The monoisotopic (exact) mass is 260 g/mol. The molecule has 0 aromatic carbocycles. The first-order valence-electron chi connectivity index (χ1n) is 6.13. The smallest absolute Gasteiger partial charge is 0.438 e. The standard InChI is InChI=1S/C12H24O4Si/c1-5-17(6-2,7-3)16-11-9-8-10-15-12(13)14-4/h8-9H,5-7,10-11H2,1-4H3/b9-8-. The quantitative estimate of drug-likeness (QED) is 0.381. The zero-order valence-corrected chi connectivity index (χ0v) is 12.3. The Labute approximate surface area is 105 Å². The SMILES string of the molecule is CC[Si](CC)(CC)OC/C=C\COC(=O)OC. The normalized spacial score (nSPS) is 11.8. The van der Waals surface area contributed by atoms with Crippen molar-refractivity contribution in [1.82, 2.24) is 0 Å². The first-order chi connectivity index (χ1) is 8.14. The van der Waals surface area contributed by atoms with Crippen molar-refractivity contribution < 1.29 is 18.7 Å². The van der Waals surface area contributed by atoms with Crippen LogP contribution in [0.4, 0.5) is 4.79 Å². The Kier molecular flexibility index (Phi) is 8.80. The molecule has 0 aromatic heterocycles. The molecule has 0 amide bonds. The molecule has 5 heteroatoms. The molecule has 0 saturated carbocycles. The van der Waals surface area contributed by atoms with Crippen LogP contribution in [0.5, 0.6) is 0 Å². The van der Waals surface area contributed by atoms with Crippen molar-refractivity contribution in [2.75, 3.05) is 20.3 Å². The van der Waals surface area contributed by atoms with Crippen molar-refractivity contribution in [3.63, 3.8) is 0 Å². The molecular formula is C12H24O4Si. The fourth-order valence-electron chi connectivity index (χ4n) is 1.59. The molecule has 0 saturated heterocycles. The van der Waals surface area contributed by atoms with Gasteiger partial charge in [0, 0.05) is 0 Å². The van der Waals surface area contributed by atoms with Crippen LogP contribution in [-0.4, -0.2) is 34.8 Å². The predicted molar refractivity (Wildman–Crippen MR) is 70.6 cm³/mol. The van der Waals surface area contributed by atoms with Crippen LogP contribution in [0.25, 0.3) is 0 Å². The molecule has 0 spiro atoms. The second-order valence-corrected chi connectivity index (χ2v) is 8.57. The van der Waals surface area contributed by atoms with Crippen LogP contribution >= 0.6 is 0 Å². The summed E-state index contributed by atoms with van der Waals surface area (Å²) in [6, 6.07) is 3.44. The summed E-state index contributed by atoms with van der Waals surface area (Å²) in [7, 11) is -0.199. The number of carbonyl (C=O) groups is 1. The minimum atomic E-state index is -1.49. The number of methoxy groups -OCH3 is 1. The van der Waals surface area contributed by atoms with Gasteiger partial charge in [-0.2, -0.15) is 0 Å². The van der Waals surface area contributed by atoms with Gasteiger partial charge in [-0.15, -0.1) is 0 Å². The van der Waals surface area contributed by atoms with E-state index in [0.717, 1.165) is 18.1 Å². The zero-order chi connectivity index (χ0) is 13.1. The van der Waals surface area contributed by atoms with Crippen molar-refractivity contribution in [2.24, 2.45) is 0 Å². The number of hydrogen-bond donors (Lipinski definition) is 0. The van der Waals surface area contributed by atoms with Crippen molar-refractivity contribution in [1.29, 1.82) is 0 Å². The second kappa shape index (κ2) is 9.24. The molecule has 0 heterocycles. The van der Waals surface area contributed by atoms with Crippen LogP contribution in [0.1, 0.15) is 20.8 Å². The Hall–Kier alpha value is -0.813. The van der Waals surface area contributed by atoms with Gasteiger partial charge < -0.3 is 13.9 Å². The molecule has 0 bridgehead atoms. The van der Waals surface area contributed by atoms with E-state index in [2.05, 4.69) is 25.5 Å². The molecule has 0 radical (unpaired) electrons. The summed E-state index contributed by atoms with van der Waals surface area (Å²) < 4.78 is 15.0. The Morgan fingerprint density at radius 2 is 1.59 bits per heavy atom. The second-order valence-electron chi connectivity index (χ2n) is 3.79. The van der Waals surface area contributed by atoms with Gasteiger partial charge in [0.1, 0.15) is 6.61 Å². The van der Waals surface area contributed by atoms with Crippen LogP contribution < -0.4 is 0 Å². The van der Waals surface area contributed by atoms with Gasteiger partial charge >= 0.3 is 6.16 Å². The highest BCUT2D eigenvalue weighted by Crippen LogP contribution is 2.21. The van der Waals surface area contributed by atoms with Gasteiger partial charge in [0.05, 0.1) is 13.7 Å². The molecule has 0 aromatic rings. The molecule has 0 fully saturated rings. The van der Waals surface area contributed by atoms with Crippen LogP contribution in [-0.2, 0) is 13.9 Å². The molecule has 0 atom stereocenters. The van der Waals surface area contributed by atoms with Gasteiger partial charge in [-0.3, -0.25) is 0 Å². The lowest BCUT2D eigenvalue weighted by atomic mass is 10.5. The third kappa shape index (κ3) is 6.48. The van der Waals surface area contributed by atoms with Crippen molar-refractivity contribution in [2.45, 2.75) is 38.9 Å². The summed E-state index contributed by atoms with van der Waals surface area (Å²) in [4.78, 5) is 10.6. The van der Waals surface area contributed by atoms with E-state index in [1.165, 1.54) is 7.11 Å². The van der Waals surface area contributed by atoms with E-state index in [9.17, 15) is 4.79 Å². The lowest BCUT2D eigenvalue weighted by Crippen LogP contribution is -2.35. The molecule has 0 aliphatic heterocycles. The van der Waals surface area contributed by atoms with Crippen LogP contribution in [0, 0.1) is 0 Å². The van der Waals surface area contributed by atoms with E-state index in [1.807, 2.05) is 6.08 Å². The Balaban J connectivity index is 3.81. The van der Waals surface area contributed by atoms with E-state index >= 15 is 0 Å². The first kappa shape index (κ1) is 16.2. The van der Waals surface area contributed by atoms with E-state index in [4.69, 9.17) is 9.16 Å². The average molecular weight is 260 g/mol. The number of hydrogen-bond acceptors (Lipinski definition) is 4. The van der Waals surface area contributed by atoms with Crippen LogP contribution in [0.15, 0.2) is 12.2 Å². The lowest BCUT2D eigenvalue weighted by Gasteiger charge is -2.27. The van der Waals surface area contributed by atoms with Crippen molar-refractivity contribution >= 4 is 14.5 Å². The Morgan fingerprint density at radius 3 is 2.06 bits per heavy atom. The molecule has 0 rings (SSSR count). The third-order valence-electron chi connectivity index (χ3n) is 3.05. The molecule has 100 valence electrons. The Morgan fingerprint density at radius 1 is 1.06 bits per heavy atom. The maximum atomic E-state index is 10.6. The summed E-state index contributed by atoms with van der Waals surface area (Å²) in [5.74, 6) is 0. The van der Waals surface area contributed by atoms with Gasteiger partial charge in [-0.25, -0.2) is 4.79 Å². The van der Waals surface area contributed by atoms with Crippen molar-refractivity contribution in [3.8, 4) is 0 Å². The number of carbonyl (C=O) groups excluding carboxylic acids is 1. The fourth-order valence-corrected chi connectivity index (χ4v) is 4.15. The maximum Gasteiger partial charge on any atom is 0.508 e. The van der Waals surface area contributed by atoms with Gasteiger partial charge in [-0.05, 0) is 24.2 Å². The zero-order valence-electron chi connectivity index (χ0n) is 11.3. The highest BCUT2D eigenvalue weighted by atomic mass is 28.4. The van der Waals surface area contributed by atoms with E-state index in [0.29, 0.717) is 6.61 Å². The highest BCUT2D eigenvalue weighted by Gasteiger charge is 2.27. The molecule has 0 aliphatic carbocycles. The van der Waals surface area contributed by atoms with Gasteiger partial charge in [0.2, 0.25) is 0 Å². The summed E-state index contributed by atoms with van der Waals surface area (Å²) in [6.07, 6.45) is 3.01. The van der Waals surface area contributed by atoms with Crippen LogP contribution in [0.2, 0.25) is 18.1 Å². The van der Waals surface area contributed by atoms with Gasteiger partial charge in [-0.1, -0.05) is 26.8 Å². The molecule has 0 N–H and O–H groups in total. The minimum absolute atomic E-state index is 0.231. The van der Waals surface area contributed by atoms with E-state index in [1.54, 1.807) is 6.08 Å². The molecule has 0 aliphatic rings. The lowest BCUT2D eigenvalue weighted by molar-refractivity contribution is 0.0817. The van der Waals surface area contributed by atoms with Gasteiger partial charge in [0.25, 0.3) is 0 Å². The minimum Gasteiger partial charge on any atom is -0.438 e. The highest BCUT2D eigenvalue weighted by molar-refractivity contribution is 6.73. The van der Waals surface area contributed by atoms with E-state index in [-0.39, 0.29) is 6.61 Å². The van der Waals surface area contributed by atoms with E-state index < -0.39 is 14.5 Å². The maximum absolute atomic E-state index is 10.6. The third-order valence-corrected chi connectivity index (χ3v) is 7.69. The van der Waals surface area contributed by atoms with Gasteiger partial charge in [0.15, 0.2) is 8.32 Å². The first-order valence-corrected chi connectivity index (χ1v) is 8.66. The molecule has 4 nitrogen and oxygen atoms in total. The summed E-state index contributed by atoms with van der Waals surface area (Å²) in [6.45, 7) is 7.43. The predicted octanol–water partition coefficient (Wildman–Crippen LogP) is 3.35. The topological polar surface area (TPSA) is 44.8 Å². The summed E-state index contributed by atoms with van der Waals surface area (Å²) >= 11 is 0.